The van der Waals surface area contributed by atoms with Crippen LogP contribution in [0.2, 0.25) is 0 Å². The molecule has 4 heteroatoms. The molecule has 4 rings (SSSR count). The zero-order valence-corrected chi connectivity index (χ0v) is 12.6. The van der Waals surface area contributed by atoms with Crippen molar-refractivity contribution in [3.05, 3.63) is 42.9 Å². The van der Waals surface area contributed by atoms with Crippen molar-refractivity contribution in [2.24, 2.45) is 0 Å². The molecule has 0 amide bonds. The molecule has 2 heterocycles. The molecule has 22 heavy (non-hydrogen) atoms. The number of rotatable bonds is 2. The Morgan fingerprint density at radius 1 is 1.00 bits per heavy atom. The maximum Gasteiger partial charge on any atom is 0.146 e. The molecule has 3 aromatic rings. The van der Waals surface area contributed by atoms with Gasteiger partial charge < -0.3 is 10.3 Å². The van der Waals surface area contributed by atoms with E-state index >= 15 is 0 Å². The van der Waals surface area contributed by atoms with Crippen LogP contribution < -0.4 is 5.73 Å². The predicted octanol–water partition coefficient (Wildman–Crippen LogP) is 4.19. The van der Waals surface area contributed by atoms with Crippen LogP contribution in [0.3, 0.4) is 0 Å². The summed E-state index contributed by atoms with van der Waals surface area (Å²) in [7, 11) is 0. The van der Waals surface area contributed by atoms with Gasteiger partial charge in [-0.2, -0.15) is 0 Å². The Balaban J connectivity index is 1.93. The summed E-state index contributed by atoms with van der Waals surface area (Å²) in [5.41, 5.74) is 9.45. The van der Waals surface area contributed by atoms with Crippen molar-refractivity contribution in [2.45, 2.75) is 38.1 Å². The molecule has 112 valence electrons. The van der Waals surface area contributed by atoms with Crippen molar-refractivity contribution < 1.29 is 0 Å². The van der Waals surface area contributed by atoms with Crippen LogP contribution in [0.5, 0.6) is 0 Å². The summed E-state index contributed by atoms with van der Waals surface area (Å²) in [5, 5.41) is 0.985. The summed E-state index contributed by atoms with van der Waals surface area (Å²) in [6.45, 7) is 0. The second-order valence-electron chi connectivity index (χ2n) is 6.07. The first kappa shape index (κ1) is 13.3. The molecule has 1 aliphatic carbocycles. The fourth-order valence-electron chi connectivity index (χ4n) is 3.58. The van der Waals surface area contributed by atoms with Crippen LogP contribution in [0, 0.1) is 0 Å². The first-order valence-electron chi connectivity index (χ1n) is 8.01. The van der Waals surface area contributed by atoms with Gasteiger partial charge in [-0.3, -0.25) is 0 Å². The van der Waals surface area contributed by atoms with Gasteiger partial charge in [-0.05, 0) is 18.4 Å². The van der Waals surface area contributed by atoms with Gasteiger partial charge in [0.1, 0.15) is 17.8 Å². The molecule has 0 unspecified atom stereocenters. The van der Waals surface area contributed by atoms with Gasteiger partial charge in [0.25, 0.3) is 0 Å². The van der Waals surface area contributed by atoms with E-state index in [4.69, 9.17) is 5.73 Å². The lowest BCUT2D eigenvalue weighted by molar-refractivity contribution is 0.360. The molecular formula is C18H20N4. The van der Waals surface area contributed by atoms with E-state index in [1.165, 1.54) is 37.7 Å². The molecule has 0 aliphatic heterocycles. The van der Waals surface area contributed by atoms with Crippen molar-refractivity contribution in [3.8, 4) is 11.1 Å². The highest BCUT2D eigenvalue weighted by molar-refractivity contribution is 6.00. The van der Waals surface area contributed by atoms with E-state index in [1.807, 2.05) is 6.07 Å². The van der Waals surface area contributed by atoms with Gasteiger partial charge in [-0.25, -0.2) is 9.97 Å². The molecule has 2 aromatic heterocycles. The third kappa shape index (κ3) is 2.15. The van der Waals surface area contributed by atoms with E-state index in [0.29, 0.717) is 11.9 Å². The largest absolute Gasteiger partial charge is 0.383 e. The van der Waals surface area contributed by atoms with Gasteiger partial charge in [-0.1, -0.05) is 49.6 Å². The number of benzene rings is 1. The highest BCUT2D eigenvalue weighted by Crippen LogP contribution is 2.37. The standard InChI is InChI=1S/C18H20N4/c19-17-16-15(13-7-3-1-4-8-13)11-22(18(16)21-12-20-17)14-9-5-2-6-10-14/h1,3-4,7-8,11-12,14H,2,5-6,9-10H2,(H2,19,20,21). The maximum atomic E-state index is 6.17. The van der Waals surface area contributed by atoms with E-state index in [2.05, 4.69) is 45.0 Å². The number of hydrogen-bond donors (Lipinski definition) is 1. The highest BCUT2D eigenvalue weighted by atomic mass is 15.1. The van der Waals surface area contributed by atoms with Crippen LogP contribution in [0.4, 0.5) is 5.82 Å². The zero-order valence-electron chi connectivity index (χ0n) is 12.6. The monoisotopic (exact) mass is 292 g/mol. The SMILES string of the molecule is Nc1ncnc2c1c(-c1ccccc1)cn2C1CCCCC1. The van der Waals surface area contributed by atoms with Crippen molar-refractivity contribution in [2.75, 3.05) is 5.73 Å². The number of nitrogens with zero attached hydrogens (tertiary/aromatic N) is 3. The number of hydrogen-bond acceptors (Lipinski definition) is 3. The number of nitrogens with two attached hydrogens (primary N) is 1. The van der Waals surface area contributed by atoms with Crippen LogP contribution in [0.1, 0.15) is 38.1 Å². The average molecular weight is 292 g/mol. The fraction of sp³-hybridized carbons (Fsp3) is 0.333. The number of fused-ring (bicyclic) bond motifs is 1. The minimum absolute atomic E-state index is 0.531. The Hall–Kier alpha value is -2.36. The van der Waals surface area contributed by atoms with Gasteiger partial charge in [0.15, 0.2) is 0 Å². The molecule has 1 fully saturated rings. The summed E-state index contributed by atoms with van der Waals surface area (Å²) in [5.74, 6) is 0.568. The van der Waals surface area contributed by atoms with E-state index in [-0.39, 0.29) is 0 Å². The average Bonchev–Trinajstić information content (AvgIpc) is 2.98. The lowest BCUT2D eigenvalue weighted by Gasteiger charge is -2.23. The summed E-state index contributed by atoms with van der Waals surface area (Å²) < 4.78 is 2.33. The second kappa shape index (κ2) is 5.44. The molecule has 0 spiro atoms. The van der Waals surface area contributed by atoms with Crippen LogP contribution in [-0.2, 0) is 0 Å². The molecule has 0 bridgehead atoms. The number of anilines is 1. The normalized spacial score (nSPS) is 16.2. The second-order valence-corrected chi connectivity index (χ2v) is 6.07. The lowest BCUT2D eigenvalue weighted by Crippen LogP contribution is -2.12. The van der Waals surface area contributed by atoms with Gasteiger partial charge >= 0.3 is 0 Å². The predicted molar refractivity (Wildman–Crippen MR) is 89.5 cm³/mol. The number of nitrogen functional groups attached to an aromatic ring is 1. The quantitative estimate of drug-likeness (QED) is 0.770. The Labute approximate surface area is 130 Å². The highest BCUT2D eigenvalue weighted by Gasteiger charge is 2.21. The summed E-state index contributed by atoms with van der Waals surface area (Å²) >= 11 is 0. The molecule has 4 nitrogen and oxygen atoms in total. The Kier molecular flexibility index (Phi) is 3.29. The smallest absolute Gasteiger partial charge is 0.146 e. The molecule has 0 saturated heterocycles. The number of aromatic nitrogens is 3. The van der Waals surface area contributed by atoms with Gasteiger partial charge in [0, 0.05) is 17.8 Å². The molecule has 0 radical (unpaired) electrons. The van der Waals surface area contributed by atoms with Crippen molar-refractivity contribution >= 4 is 16.9 Å². The van der Waals surface area contributed by atoms with Crippen LogP contribution in [0.25, 0.3) is 22.2 Å². The van der Waals surface area contributed by atoms with Crippen molar-refractivity contribution in [3.63, 3.8) is 0 Å². The van der Waals surface area contributed by atoms with Crippen LogP contribution in [-0.4, -0.2) is 14.5 Å². The third-order valence-electron chi connectivity index (χ3n) is 4.69. The first-order valence-corrected chi connectivity index (χ1v) is 8.01. The van der Waals surface area contributed by atoms with E-state index in [9.17, 15) is 0 Å². The van der Waals surface area contributed by atoms with Gasteiger partial charge in [0.05, 0.1) is 5.39 Å². The zero-order chi connectivity index (χ0) is 14.9. The van der Waals surface area contributed by atoms with E-state index < -0.39 is 0 Å². The van der Waals surface area contributed by atoms with Crippen molar-refractivity contribution in [1.29, 1.82) is 0 Å². The van der Waals surface area contributed by atoms with Crippen LogP contribution in [0.15, 0.2) is 42.9 Å². The third-order valence-corrected chi connectivity index (χ3v) is 4.69. The minimum Gasteiger partial charge on any atom is -0.383 e. The van der Waals surface area contributed by atoms with Gasteiger partial charge in [-0.15, -0.1) is 0 Å². The summed E-state index contributed by atoms with van der Waals surface area (Å²) in [6, 6.07) is 10.9. The van der Waals surface area contributed by atoms with Crippen LogP contribution >= 0.6 is 0 Å². The Morgan fingerprint density at radius 2 is 1.77 bits per heavy atom. The summed E-state index contributed by atoms with van der Waals surface area (Å²) in [6.07, 6.45) is 10.2. The van der Waals surface area contributed by atoms with Gasteiger partial charge in [0.2, 0.25) is 0 Å². The molecule has 2 N–H and O–H groups in total. The molecular weight excluding hydrogens is 272 g/mol. The van der Waals surface area contributed by atoms with Crippen molar-refractivity contribution in [1.82, 2.24) is 14.5 Å². The first-order chi connectivity index (χ1) is 10.8. The topological polar surface area (TPSA) is 56.7 Å². The van der Waals surface area contributed by atoms with E-state index in [1.54, 1.807) is 6.33 Å². The molecule has 1 aromatic carbocycles. The Morgan fingerprint density at radius 3 is 2.55 bits per heavy atom. The van der Waals surface area contributed by atoms with E-state index in [0.717, 1.165) is 16.6 Å². The molecule has 1 saturated carbocycles. The summed E-state index contributed by atoms with van der Waals surface area (Å²) in [4.78, 5) is 8.74. The lowest BCUT2D eigenvalue weighted by atomic mass is 9.95. The molecule has 0 atom stereocenters. The fourth-order valence-corrected chi connectivity index (χ4v) is 3.58. The minimum atomic E-state index is 0.531. The molecule has 1 aliphatic rings. The maximum absolute atomic E-state index is 6.17. The Bertz CT molecular complexity index is 785.